The molecule has 26 nitrogen and oxygen atoms in total. The van der Waals surface area contributed by atoms with Gasteiger partial charge in [0, 0.05) is 93.2 Å². The number of hydrogen-bond donors (Lipinski definition) is 7. The number of nitrogens with one attached hydrogen (secondary N) is 5. The molecule has 12 heterocycles. The predicted octanol–water partition coefficient (Wildman–Crippen LogP) is 21.0. The zero-order chi connectivity index (χ0) is 94.8. The SMILES string of the molecule is CC1(C)CCC2(CC1)C[C@@H](C(=O)C[C@@H]1CC[C@@H](c3n[nH]c(=O)o3)OC1)[C@H](c1ccnc(Cl)c1)[C@]21C(=O)Nc2cc(Cl)ccc21.CC1(C)CCC2(CC1)C[C@@H](C(=O)O)[C@H](c1ccnc(Cl)c1)C21C(=O)Nc2nc(Cl)ccc21.CC1(C)CCC2(CC1)N1[C@H](c3ccccc3)[C@H](c3ccccc3)OC(=O)[C@H]1[C@H](c1ccnc(Cl)c1)[C@@]21C(=O)Nc2cc(Cl)ccc21.NC1CCC(c2n[nH]c(=O)o2)CC1. The Hall–Kier alpha value is -10.0. The molecule has 6 aliphatic heterocycles. The van der Waals surface area contributed by atoms with Gasteiger partial charge in [-0.2, -0.15) is 0 Å². The van der Waals surface area contributed by atoms with Gasteiger partial charge in [0.1, 0.15) is 55.9 Å². The molecule has 0 bridgehead atoms. The van der Waals surface area contributed by atoms with Crippen LogP contribution in [0.3, 0.4) is 0 Å². The van der Waals surface area contributed by atoms with E-state index in [2.05, 4.69) is 115 Å². The number of aromatic amines is 2. The lowest BCUT2D eigenvalue weighted by Crippen LogP contribution is -2.64. The molecule has 10 aromatic rings. The van der Waals surface area contributed by atoms with Crippen molar-refractivity contribution in [3.05, 3.63) is 272 Å². The van der Waals surface area contributed by atoms with Crippen molar-refractivity contribution < 1.29 is 52.2 Å². The molecule has 3 amide bonds. The van der Waals surface area contributed by atoms with Crippen molar-refractivity contribution in [3.63, 3.8) is 0 Å². The number of aliphatic carboxylic acids is 1. The number of carbonyl (C=O) groups excluding carboxylic acids is 5. The summed E-state index contributed by atoms with van der Waals surface area (Å²) in [4.78, 5) is 127. The van der Waals surface area contributed by atoms with Crippen molar-refractivity contribution in [1.29, 1.82) is 0 Å². The molecule has 32 heteroatoms. The van der Waals surface area contributed by atoms with Gasteiger partial charge < -0.3 is 45.1 Å². The highest BCUT2D eigenvalue weighted by Gasteiger charge is 2.80. The normalized spacial score (nSPS) is 29.8. The van der Waals surface area contributed by atoms with Gasteiger partial charge in [0.2, 0.25) is 29.5 Å². The number of pyridine rings is 4. The van der Waals surface area contributed by atoms with Gasteiger partial charge in [0.05, 0.1) is 29.4 Å². The quantitative estimate of drug-likeness (QED) is 0.0467. The number of Topliss-reactive ketones (excluding diaryl/α,β-unsaturated/α-hetero) is 1. The van der Waals surface area contributed by atoms with Gasteiger partial charge in [0.25, 0.3) is 0 Å². The first-order valence-corrected chi connectivity index (χ1v) is 49.2. The first-order valence-electron chi connectivity index (χ1n) is 46.9. The number of aromatic nitrogens is 8. The van der Waals surface area contributed by atoms with E-state index in [1.54, 1.807) is 36.8 Å². The van der Waals surface area contributed by atoms with E-state index in [1.165, 1.54) is 0 Å². The Morgan fingerprint density at radius 2 is 0.941 bits per heavy atom. The summed E-state index contributed by atoms with van der Waals surface area (Å²) in [5.74, 6) is -3.81. The number of cyclic esters (lactones) is 1. The number of nitrogens with two attached hydrogens (primary N) is 1. The molecule has 6 aliphatic carbocycles. The van der Waals surface area contributed by atoms with Gasteiger partial charge in [-0.05, 0) is 267 Å². The lowest BCUT2D eigenvalue weighted by Gasteiger charge is -2.57. The van der Waals surface area contributed by atoms with E-state index in [-0.39, 0.29) is 79.8 Å². The molecule has 22 rings (SSSR count). The highest BCUT2D eigenvalue weighted by atomic mass is 35.5. The Morgan fingerprint density at radius 3 is 1.44 bits per heavy atom. The molecule has 8 N–H and O–H groups in total. The third-order valence-electron chi connectivity index (χ3n) is 33.0. The Bertz CT molecular complexity index is 6360. The highest BCUT2D eigenvalue weighted by Crippen LogP contribution is 2.76. The van der Waals surface area contributed by atoms with Crippen LogP contribution in [0.4, 0.5) is 17.2 Å². The zero-order valence-electron chi connectivity index (χ0n) is 75.9. The van der Waals surface area contributed by atoms with Crippen LogP contribution in [-0.2, 0) is 54.5 Å². The Labute approximate surface area is 811 Å². The molecule has 3 saturated heterocycles. The third-order valence-corrected chi connectivity index (χ3v) is 34.3. The average Bonchev–Trinajstić information content (AvgIpc) is 1.48. The largest absolute Gasteiger partial charge is 0.481 e. The number of ether oxygens (including phenoxy) is 2. The van der Waals surface area contributed by atoms with Crippen LogP contribution >= 0.6 is 69.6 Å². The number of anilines is 3. The van der Waals surface area contributed by atoms with Crippen LogP contribution in [0.25, 0.3) is 0 Å². The molecule has 13 atom stereocenters. The number of esters is 1. The van der Waals surface area contributed by atoms with Gasteiger partial charge in [-0.25, -0.2) is 39.7 Å². The summed E-state index contributed by atoms with van der Waals surface area (Å²) in [6.45, 7) is 14.0. The standard InChI is InChI=1S/C38H35Cl2N3O3.C33H36Cl2N4O5.C24H25Cl2N3O3.C8H13N3O2/c1-36(2)16-18-37(19-17-36)38(27-14-13-26(39)22-28(27)42-35(38)45)30(25-15-20-41-29(40)21-25)32-34(44)46-33(24-11-7-4-8-12-24)31(43(32)37)23-9-5-3-6-10-23;1-31(2)8-10-32(11-9-31)16-21(24(40)13-18-3-6-25(43-17-18)28-38-39-30(42)44-28)27(19-7-12-36-26(35)14-19)33(32)22-5-4-20(34)15-23(22)37-29(33)41;1-22(2)6-8-23(9-7-22)12-14(20(30)31)18(13-5-10-27-17(26)11-13)24(23)15-3-4-16(25)28-19(15)29-21(24)32;9-6-3-1-5(2-4-6)7-10-11-8(12)13-7/h3-15,20-22,30-33H,16-19H2,1-2H3,(H,42,45);4-5,7,12,14-15,18,21,25,27H,3,6,8-11,13,16-17H2,1-2H3,(H,37,41)(H,39,42);3-5,10-11,14,18H,6-9,12H2,1-2H3,(H,30,31)(H,28,29,32);5-6H,1-4,9H2,(H,11,12)/t30-,31+,32+,33-,38-;18-,21-,25-,27-,33+;14-,18+,24?;/m001./s1. The smallest absolute Gasteiger partial charge is 0.434 e. The van der Waals surface area contributed by atoms with Crippen LogP contribution in [0, 0.1) is 44.8 Å². The van der Waals surface area contributed by atoms with Crippen LogP contribution in [0.5, 0.6) is 0 Å². The molecule has 4 aromatic carbocycles. The average molecular weight is 1950 g/mol. The number of hydrogen-bond acceptors (Lipinski definition) is 20. The molecular formula is C103H109Cl6N13O13. The highest BCUT2D eigenvalue weighted by molar-refractivity contribution is 6.32. The molecule has 6 aromatic heterocycles. The molecule has 12 aliphatic rings. The maximum Gasteiger partial charge on any atom is 0.434 e. The van der Waals surface area contributed by atoms with Crippen molar-refractivity contribution in [3.8, 4) is 0 Å². The first kappa shape index (κ1) is 94.0. The number of rotatable bonds is 11. The number of morpholine rings is 1. The van der Waals surface area contributed by atoms with Gasteiger partial charge in [-0.15, -0.1) is 10.2 Å². The Morgan fingerprint density at radius 1 is 0.474 bits per heavy atom. The number of nitrogens with zero attached hydrogens (tertiary/aromatic N) is 7. The van der Waals surface area contributed by atoms with Crippen molar-refractivity contribution in [2.24, 2.45) is 50.6 Å². The molecule has 135 heavy (non-hydrogen) atoms. The van der Waals surface area contributed by atoms with Crippen LogP contribution in [0.1, 0.15) is 275 Å². The number of H-pyrrole nitrogens is 2. The summed E-state index contributed by atoms with van der Waals surface area (Å²) in [5, 5.41) is 34.3. The summed E-state index contributed by atoms with van der Waals surface area (Å²) in [6, 6.07) is 45.3. The Balaban J connectivity index is 0.000000123. The number of carboxylic acid groups (broad SMARTS) is 1. The second-order valence-electron chi connectivity index (χ2n) is 41.8. The second kappa shape index (κ2) is 36.1. The number of benzene rings is 4. The van der Waals surface area contributed by atoms with Crippen molar-refractivity contribution in [2.45, 2.75) is 252 Å². The molecule has 9 fully saturated rings. The van der Waals surface area contributed by atoms with E-state index in [0.717, 1.165) is 159 Å². The van der Waals surface area contributed by atoms with Gasteiger partial charge in [0.15, 0.2) is 0 Å². The van der Waals surface area contributed by atoms with E-state index in [0.29, 0.717) is 76.1 Å². The van der Waals surface area contributed by atoms with Gasteiger partial charge >= 0.3 is 23.5 Å². The maximum atomic E-state index is 15.1. The lowest BCUT2D eigenvalue weighted by molar-refractivity contribution is -0.184. The maximum absolute atomic E-state index is 15.1. The van der Waals surface area contributed by atoms with E-state index < -0.39 is 97.9 Å². The zero-order valence-corrected chi connectivity index (χ0v) is 80.4. The topological polar surface area (TPSA) is 376 Å². The summed E-state index contributed by atoms with van der Waals surface area (Å²) in [6.07, 6.45) is 20.8. The molecule has 6 spiro atoms. The number of ketones is 1. The van der Waals surface area contributed by atoms with E-state index in [4.69, 9.17) is 93.6 Å². The summed E-state index contributed by atoms with van der Waals surface area (Å²) >= 11 is 38.4. The number of carboxylic acids is 1. The molecule has 706 valence electrons. The van der Waals surface area contributed by atoms with Gasteiger partial charge in [-0.3, -0.25) is 33.7 Å². The number of fused-ring (bicyclic) bond motifs is 11. The van der Waals surface area contributed by atoms with E-state index in [1.807, 2.05) is 115 Å². The monoisotopic (exact) mass is 1950 g/mol. The van der Waals surface area contributed by atoms with Crippen LogP contribution in [0.15, 0.2) is 183 Å². The minimum Gasteiger partial charge on any atom is -0.481 e. The van der Waals surface area contributed by atoms with Crippen molar-refractivity contribution in [1.82, 2.24) is 45.2 Å². The van der Waals surface area contributed by atoms with Crippen molar-refractivity contribution in [2.75, 3.05) is 22.6 Å². The second-order valence-corrected chi connectivity index (χ2v) is 44.3. The minimum absolute atomic E-state index is 0.00683. The molecule has 6 saturated carbocycles. The Kier molecular flexibility index (Phi) is 25.1. The molecule has 1 unspecified atom stereocenters. The van der Waals surface area contributed by atoms with Crippen LogP contribution in [-0.4, -0.2) is 110 Å². The summed E-state index contributed by atoms with van der Waals surface area (Å²) < 4.78 is 22.6. The fraction of sp³-hybridized carbons (Fsp3) is 0.476. The fourth-order valence-corrected chi connectivity index (χ4v) is 27.6. The lowest BCUT2D eigenvalue weighted by atomic mass is 9.51. The predicted molar refractivity (Wildman–Crippen MR) is 512 cm³/mol. The molecule has 0 radical (unpaired) electrons. The third kappa shape index (κ3) is 16.3. The van der Waals surface area contributed by atoms with Crippen LogP contribution < -0.4 is 33.2 Å². The van der Waals surface area contributed by atoms with E-state index in [9.17, 15) is 38.7 Å². The first-order chi connectivity index (χ1) is 64.5. The van der Waals surface area contributed by atoms with Crippen LogP contribution in [0.2, 0.25) is 30.7 Å². The molecular weight excluding hydrogens is 1840 g/mol. The minimum atomic E-state index is -1.14. The number of halogens is 6. The van der Waals surface area contributed by atoms with E-state index >= 15 is 4.79 Å². The number of amides is 3. The van der Waals surface area contributed by atoms with Crippen molar-refractivity contribution >= 4 is 122 Å². The number of carbonyl (C=O) groups is 6. The summed E-state index contributed by atoms with van der Waals surface area (Å²) in [5.41, 5.74) is 9.58. The summed E-state index contributed by atoms with van der Waals surface area (Å²) in [7, 11) is 0. The van der Waals surface area contributed by atoms with Gasteiger partial charge in [-0.1, -0.05) is 190 Å². The fourth-order valence-electron chi connectivity index (χ4n) is 26.5.